The first-order chi connectivity index (χ1) is 11.6. The van der Waals surface area contributed by atoms with Crippen molar-refractivity contribution in [2.45, 2.75) is 26.3 Å². The van der Waals surface area contributed by atoms with E-state index < -0.39 is 0 Å². The molecule has 0 spiro atoms. The molecule has 0 saturated carbocycles. The van der Waals surface area contributed by atoms with Crippen molar-refractivity contribution in [3.63, 3.8) is 0 Å². The Morgan fingerprint density at radius 2 is 1.83 bits per heavy atom. The minimum Gasteiger partial charge on any atom is -0.347 e. The molecular formula is C18H22N4O2. The zero-order chi connectivity index (χ0) is 17.4. The van der Waals surface area contributed by atoms with E-state index in [0.29, 0.717) is 13.1 Å². The van der Waals surface area contributed by atoms with E-state index >= 15 is 0 Å². The van der Waals surface area contributed by atoms with Crippen LogP contribution >= 0.6 is 0 Å². The Balaban J connectivity index is 2.01. The number of pyridine rings is 2. The Morgan fingerprint density at radius 3 is 2.54 bits per heavy atom. The van der Waals surface area contributed by atoms with E-state index in [9.17, 15) is 9.59 Å². The number of nitrogens with one attached hydrogen (secondary N) is 1. The van der Waals surface area contributed by atoms with Crippen molar-refractivity contribution < 1.29 is 9.59 Å². The highest BCUT2D eigenvalue weighted by molar-refractivity contribution is 5.96. The lowest BCUT2D eigenvalue weighted by atomic mass is 10.2. The van der Waals surface area contributed by atoms with E-state index in [1.807, 2.05) is 12.1 Å². The van der Waals surface area contributed by atoms with Crippen LogP contribution in [0.25, 0.3) is 0 Å². The monoisotopic (exact) mass is 326 g/mol. The largest absolute Gasteiger partial charge is 0.347 e. The minimum absolute atomic E-state index is 0.174. The van der Waals surface area contributed by atoms with Gasteiger partial charge in [-0.25, -0.2) is 4.98 Å². The van der Waals surface area contributed by atoms with Crippen molar-refractivity contribution in [1.82, 2.24) is 20.2 Å². The van der Waals surface area contributed by atoms with Crippen LogP contribution in [0.15, 0.2) is 42.7 Å². The third kappa shape index (κ3) is 4.87. The number of carbonyl (C=O) groups is 2. The first-order valence-electron chi connectivity index (χ1n) is 8.01. The van der Waals surface area contributed by atoms with E-state index in [-0.39, 0.29) is 23.2 Å². The molecule has 0 fully saturated rings. The maximum atomic E-state index is 12.3. The number of amides is 2. The highest BCUT2D eigenvalue weighted by atomic mass is 16.2. The molecule has 0 unspecified atom stereocenters. The quantitative estimate of drug-likeness (QED) is 0.847. The fourth-order valence-corrected chi connectivity index (χ4v) is 2.15. The van der Waals surface area contributed by atoms with Crippen molar-refractivity contribution in [1.29, 1.82) is 0 Å². The van der Waals surface area contributed by atoms with Gasteiger partial charge in [0, 0.05) is 32.5 Å². The fourth-order valence-electron chi connectivity index (χ4n) is 2.15. The van der Waals surface area contributed by atoms with Gasteiger partial charge in [-0.3, -0.25) is 14.6 Å². The zero-order valence-corrected chi connectivity index (χ0v) is 14.0. The van der Waals surface area contributed by atoms with Crippen LogP contribution in [0.4, 0.5) is 0 Å². The molecule has 126 valence electrons. The standard InChI is InChI=1S/C18H22N4O2/c1-3-4-12-22(2)18(24)16-7-5-6-15(21-16)17(23)20-13-14-8-10-19-11-9-14/h5-11H,3-4,12-13H2,1-2H3,(H,20,23). The summed E-state index contributed by atoms with van der Waals surface area (Å²) < 4.78 is 0. The highest BCUT2D eigenvalue weighted by Gasteiger charge is 2.15. The SMILES string of the molecule is CCCCN(C)C(=O)c1cccc(C(=O)NCc2ccncc2)n1. The molecule has 2 aromatic rings. The normalized spacial score (nSPS) is 10.2. The Hall–Kier alpha value is -2.76. The lowest BCUT2D eigenvalue weighted by Gasteiger charge is -2.16. The molecule has 6 heteroatoms. The van der Waals surface area contributed by atoms with E-state index in [0.717, 1.165) is 18.4 Å². The number of aromatic nitrogens is 2. The van der Waals surface area contributed by atoms with Gasteiger partial charge in [-0.1, -0.05) is 19.4 Å². The van der Waals surface area contributed by atoms with E-state index in [4.69, 9.17) is 0 Å². The molecule has 0 bridgehead atoms. The van der Waals surface area contributed by atoms with Crippen LogP contribution in [0.5, 0.6) is 0 Å². The van der Waals surface area contributed by atoms with Crippen LogP contribution in [0.3, 0.4) is 0 Å². The summed E-state index contributed by atoms with van der Waals surface area (Å²) in [4.78, 5) is 34.3. The van der Waals surface area contributed by atoms with Crippen molar-refractivity contribution >= 4 is 11.8 Å². The maximum Gasteiger partial charge on any atom is 0.272 e. The van der Waals surface area contributed by atoms with Gasteiger partial charge in [-0.15, -0.1) is 0 Å². The summed E-state index contributed by atoms with van der Waals surface area (Å²) in [6, 6.07) is 8.57. The van der Waals surface area contributed by atoms with Crippen LogP contribution in [0.1, 0.15) is 46.3 Å². The lowest BCUT2D eigenvalue weighted by Crippen LogP contribution is -2.30. The number of hydrogen-bond donors (Lipinski definition) is 1. The molecule has 24 heavy (non-hydrogen) atoms. The van der Waals surface area contributed by atoms with Crippen molar-refractivity contribution in [3.8, 4) is 0 Å². The second-order valence-electron chi connectivity index (χ2n) is 5.53. The predicted molar refractivity (Wildman–Crippen MR) is 91.5 cm³/mol. The second kappa shape index (κ2) is 8.76. The topological polar surface area (TPSA) is 75.2 Å². The fraction of sp³-hybridized carbons (Fsp3) is 0.333. The second-order valence-corrected chi connectivity index (χ2v) is 5.53. The molecule has 0 aliphatic carbocycles. The van der Waals surface area contributed by atoms with Crippen LogP contribution in [0, 0.1) is 0 Å². The van der Waals surface area contributed by atoms with Crippen molar-refractivity contribution in [2.24, 2.45) is 0 Å². The van der Waals surface area contributed by atoms with Gasteiger partial charge >= 0.3 is 0 Å². The zero-order valence-electron chi connectivity index (χ0n) is 14.0. The van der Waals surface area contributed by atoms with Crippen molar-refractivity contribution in [3.05, 3.63) is 59.7 Å². The molecule has 6 nitrogen and oxygen atoms in total. The first-order valence-corrected chi connectivity index (χ1v) is 8.01. The maximum absolute atomic E-state index is 12.3. The summed E-state index contributed by atoms with van der Waals surface area (Å²) >= 11 is 0. The predicted octanol–water partition coefficient (Wildman–Crippen LogP) is 2.28. The summed E-state index contributed by atoms with van der Waals surface area (Å²) in [5.41, 5.74) is 1.47. The molecule has 0 aliphatic heterocycles. The van der Waals surface area contributed by atoms with Gasteiger partial charge in [0.05, 0.1) is 0 Å². The number of unbranched alkanes of at least 4 members (excludes halogenated alkanes) is 1. The lowest BCUT2D eigenvalue weighted by molar-refractivity contribution is 0.0787. The van der Waals surface area contributed by atoms with Crippen LogP contribution < -0.4 is 5.32 Å². The molecule has 0 aliphatic rings. The minimum atomic E-state index is -0.308. The van der Waals surface area contributed by atoms with Crippen LogP contribution in [-0.2, 0) is 6.54 Å². The summed E-state index contributed by atoms with van der Waals surface area (Å²) in [6.07, 6.45) is 5.30. The molecule has 0 radical (unpaired) electrons. The molecule has 1 N–H and O–H groups in total. The summed E-state index contributed by atoms with van der Waals surface area (Å²) in [5.74, 6) is -0.482. The van der Waals surface area contributed by atoms with Gasteiger partial charge < -0.3 is 10.2 Å². The Morgan fingerprint density at radius 1 is 1.12 bits per heavy atom. The first kappa shape index (κ1) is 17.6. The van der Waals surface area contributed by atoms with Crippen LogP contribution in [0.2, 0.25) is 0 Å². The summed E-state index contributed by atoms with van der Waals surface area (Å²) in [6.45, 7) is 3.14. The van der Waals surface area contributed by atoms with Gasteiger partial charge in [0.15, 0.2) is 0 Å². The molecule has 0 atom stereocenters. The molecule has 0 aromatic carbocycles. The molecule has 0 saturated heterocycles. The van der Waals surface area contributed by atoms with E-state index in [2.05, 4.69) is 22.2 Å². The van der Waals surface area contributed by atoms with Gasteiger partial charge in [0.2, 0.25) is 0 Å². The Kier molecular flexibility index (Phi) is 6.42. The third-order valence-corrected chi connectivity index (χ3v) is 3.60. The van der Waals surface area contributed by atoms with Gasteiger partial charge in [-0.05, 0) is 36.2 Å². The number of rotatable bonds is 7. The van der Waals surface area contributed by atoms with E-state index in [1.54, 1.807) is 42.5 Å². The Labute approximate surface area is 141 Å². The highest BCUT2D eigenvalue weighted by Crippen LogP contribution is 2.05. The number of nitrogens with zero attached hydrogens (tertiary/aromatic N) is 3. The molecule has 2 aromatic heterocycles. The molecule has 2 rings (SSSR count). The average molecular weight is 326 g/mol. The van der Waals surface area contributed by atoms with Gasteiger partial charge in [-0.2, -0.15) is 0 Å². The van der Waals surface area contributed by atoms with Gasteiger partial charge in [0.1, 0.15) is 11.4 Å². The van der Waals surface area contributed by atoms with Gasteiger partial charge in [0.25, 0.3) is 11.8 Å². The average Bonchev–Trinajstić information content (AvgIpc) is 2.64. The molecule has 2 heterocycles. The summed E-state index contributed by atoms with van der Waals surface area (Å²) in [5, 5.41) is 2.79. The van der Waals surface area contributed by atoms with E-state index in [1.165, 1.54) is 0 Å². The molecule has 2 amide bonds. The summed E-state index contributed by atoms with van der Waals surface area (Å²) in [7, 11) is 1.75. The Bertz CT molecular complexity index is 688. The number of hydrogen-bond acceptors (Lipinski definition) is 4. The smallest absolute Gasteiger partial charge is 0.272 e. The number of carbonyl (C=O) groups excluding carboxylic acids is 2. The van der Waals surface area contributed by atoms with Crippen LogP contribution in [-0.4, -0.2) is 40.3 Å². The molecular weight excluding hydrogens is 304 g/mol. The van der Waals surface area contributed by atoms with Crippen molar-refractivity contribution in [2.75, 3.05) is 13.6 Å². The third-order valence-electron chi connectivity index (χ3n) is 3.60.